The van der Waals surface area contributed by atoms with Gasteiger partial charge in [-0.15, -0.1) is 0 Å². The molecule has 2 rings (SSSR count). The zero-order chi connectivity index (χ0) is 16.4. The predicted molar refractivity (Wildman–Crippen MR) is 76.2 cm³/mol. The monoisotopic (exact) mass is 315 g/mol. The second-order valence-corrected chi connectivity index (χ2v) is 6.13. The summed E-state index contributed by atoms with van der Waals surface area (Å²) in [4.78, 5) is 11.9. The van der Waals surface area contributed by atoms with E-state index in [9.17, 15) is 23.1 Å². The summed E-state index contributed by atoms with van der Waals surface area (Å²) in [7, 11) is 0. The van der Waals surface area contributed by atoms with E-state index >= 15 is 0 Å². The number of rotatable bonds is 6. The first-order valence-electron chi connectivity index (χ1n) is 7.31. The molecule has 1 unspecified atom stereocenters. The van der Waals surface area contributed by atoms with Crippen molar-refractivity contribution in [1.82, 2.24) is 5.32 Å². The summed E-state index contributed by atoms with van der Waals surface area (Å²) in [5.74, 6) is -0.814. The van der Waals surface area contributed by atoms with Gasteiger partial charge in [0.05, 0.1) is 12.2 Å². The molecule has 0 bridgehead atoms. The minimum Gasteiger partial charge on any atom is -0.396 e. The van der Waals surface area contributed by atoms with Crippen molar-refractivity contribution in [3.8, 4) is 0 Å². The molecule has 0 aromatic heterocycles. The van der Waals surface area contributed by atoms with Crippen molar-refractivity contribution >= 4 is 5.91 Å². The molecule has 0 heterocycles. The fourth-order valence-electron chi connectivity index (χ4n) is 2.50. The largest absolute Gasteiger partial charge is 0.416 e. The number of aliphatic hydroxyl groups excluding tert-OH is 1. The van der Waals surface area contributed by atoms with Gasteiger partial charge in [-0.05, 0) is 30.4 Å². The van der Waals surface area contributed by atoms with Crippen molar-refractivity contribution in [2.24, 2.45) is 5.41 Å². The average molecular weight is 315 g/mol. The summed E-state index contributed by atoms with van der Waals surface area (Å²) in [6.45, 7) is 2.03. The third-order valence-electron chi connectivity index (χ3n) is 4.24. The van der Waals surface area contributed by atoms with Crippen LogP contribution in [-0.2, 0) is 11.0 Å². The van der Waals surface area contributed by atoms with E-state index < -0.39 is 17.7 Å². The van der Waals surface area contributed by atoms with Gasteiger partial charge >= 0.3 is 6.18 Å². The van der Waals surface area contributed by atoms with Crippen LogP contribution in [0.5, 0.6) is 0 Å². The van der Waals surface area contributed by atoms with Crippen LogP contribution < -0.4 is 5.32 Å². The van der Waals surface area contributed by atoms with Crippen LogP contribution in [0, 0.1) is 5.41 Å². The molecule has 1 aliphatic rings. The fraction of sp³-hybridized carbons (Fsp3) is 0.562. The standard InChI is InChI=1S/C16H20F3NO2/c1-11(8-14(22)20-9-15(10-21)6-7-15)12-4-2-3-5-13(12)16(17,18)19/h2-5,11,21H,6-10H2,1H3,(H,20,22). The molecule has 22 heavy (non-hydrogen) atoms. The van der Waals surface area contributed by atoms with Crippen LogP contribution in [0.15, 0.2) is 24.3 Å². The molecular weight excluding hydrogens is 295 g/mol. The lowest BCUT2D eigenvalue weighted by atomic mass is 9.92. The smallest absolute Gasteiger partial charge is 0.396 e. The molecule has 1 aromatic carbocycles. The lowest BCUT2D eigenvalue weighted by Gasteiger charge is -2.19. The maximum Gasteiger partial charge on any atom is 0.416 e. The van der Waals surface area contributed by atoms with Gasteiger partial charge in [0.2, 0.25) is 5.91 Å². The van der Waals surface area contributed by atoms with E-state index in [4.69, 9.17) is 0 Å². The molecule has 6 heteroatoms. The lowest BCUT2D eigenvalue weighted by molar-refractivity contribution is -0.138. The summed E-state index contributed by atoms with van der Waals surface area (Å²) < 4.78 is 38.9. The second kappa shape index (κ2) is 6.28. The van der Waals surface area contributed by atoms with Crippen molar-refractivity contribution in [2.45, 2.75) is 38.3 Å². The normalized spacial score (nSPS) is 17.9. The number of hydrogen-bond acceptors (Lipinski definition) is 2. The second-order valence-electron chi connectivity index (χ2n) is 6.13. The van der Waals surface area contributed by atoms with Crippen LogP contribution in [0.2, 0.25) is 0 Å². The van der Waals surface area contributed by atoms with Gasteiger partial charge in [0.15, 0.2) is 0 Å². The highest BCUT2D eigenvalue weighted by Gasteiger charge is 2.42. The van der Waals surface area contributed by atoms with E-state index in [2.05, 4.69) is 5.32 Å². The van der Waals surface area contributed by atoms with E-state index in [1.165, 1.54) is 12.1 Å². The van der Waals surface area contributed by atoms with Crippen LogP contribution in [0.3, 0.4) is 0 Å². The predicted octanol–water partition coefficient (Wildman–Crippen LogP) is 3.09. The Kier molecular flexibility index (Phi) is 4.80. The Hall–Kier alpha value is -1.56. The lowest BCUT2D eigenvalue weighted by Crippen LogP contribution is -2.32. The number of aliphatic hydroxyl groups is 1. The Morgan fingerprint density at radius 2 is 2.00 bits per heavy atom. The number of hydrogen-bond donors (Lipinski definition) is 2. The zero-order valence-corrected chi connectivity index (χ0v) is 12.4. The van der Waals surface area contributed by atoms with E-state index in [-0.39, 0.29) is 29.9 Å². The minimum absolute atomic E-state index is 0.00536. The number of nitrogens with one attached hydrogen (secondary N) is 1. The summed E-state index contributed by atoms with van der Waals surface area (Å²) in [6, 6.07) is 5.34. The van der Waals surface area contributed by atoms with E-state index in [0.717, 1.165) is 18.9 Å². The summed E-state index contributed by atoms with van der Waals surface area (Å²) >= 11 is 0. The topological polar surface area (TPSA) is 49.3 Å². The molecule has 3 nitrogen and oxygen atoms in total. The van der Waals surface area contributed by atoms with E-state index in [1.54, 1.807) is 13.0 Å². The third-order valence-corrected chi connectivity index (χ3v) is 4.24. The van der Waals surface area contributed by atoms with Gasteiger partial charge in [-0.1, -0.05) is 25.1 Å². The third kappa shape index (κ3) is 4.00. The number of amides is 1. The van der Waals surface area contributed by atoms with Crippen molar-refractivity contribution in [3.05, 3.63) is 35.4 Å². The SMILES string of the molecule is CC(CC(=O)NCC1(CO)CC1)c1ccccc1C(F)(F)F. The Balaban J connectivity index is 1.97. The zero-order valence-electron chi connectivity index (χ0n) is 12.4. The van der Waals surface area contributed by atoms with Crippen LogP contribution >= 0.6 is 0 Å². The molecule has 1 fully saturated rings. The molecular formula is C16H20F3NO2. The molecule has 0 spiro atoms. The van der Waals surface area contributed by atoms with Crippen molar-refractivity contribution in [3.63, 3.8) is 0 Å². The van der Waals surface area contributed by atoms with Crippen LogP contribution in [-0.4, -0.2) is 24.2 Å². The van der Waals surface area contributed by atoms with Crippen LogP contribution in [0.25, 0.3) is 0 Å². The highest BCUT2D eigenvalue weighted by molar-refractivity contribution is 5.77. The summed E-state index contributed by atoms with van der Waals surface area (Å²) in [5, 5.41) is 11.9. The highest BCUT2D eigenvalue weighted by atomic mass is 19.4. The fourth-order valence-corrected chi connectivity index (χ4v) is 2.50. The highest BCUT2D eigenvalue weighted by Crippen LogP contribution is 2.44. The number of benzene rings is 1. The minimum atomic E-state index is -4.42. The molecule has 2 N–H and O–H groups in total. The van der Waals surface area contributed by atoms with Crippen molar-refractivity contribution in [2.75, 3.05) is 13.2 Å². The molecule has 1 saturated carbocycles. The molecule has 122 valence electrons. The van der Waals surface area contributed by atoms with Crippen molar-refractivity contribution in [1.29, 1.82) is 0 Å². The molecule has 0 saturated heterocycles. The Morgan fingerprint density at radius 3 is 2.55 bits per heavy atom. The van der Waals surface area contributed by atoms with Gasteiger partial charge in [0.1, 0.15) is 0 Å². The number of carbonyl (C=O) groups excluding carboxylic acids is 1. The van der Waals surface area contributed by atoms with E-state index in [1.807, 2.05) is 0 Å². The van der Waals surface area contributed by atoms with Crippen molar-refractivity contribution < 1.29 is 23.1 Å². The maximum absolute atomic E-state index is 13.0. The first-order valence-corrected chi connectivity index (χ1v) is 7.31. The molecule has 0 radical (unpaired) electrons. The first-order chi connectivity index (χ1) is 10.3. The number of halogens is 3. The number of carbonyl (C=O) groups is 1. The molecule has 1 atom stereocenters. The Morgan fingerprint density at radius 1 is 1.36 bits per heavy atom. The summed E-state index contributed by atoms with van der Waals surface area (Å²) in [5.41, 5.74) is -0.763. The molecule has 0 aliphatic heterocycles. The quantitative estimate of drug-likeness (QED) is 0.847. The molecule has 1 amide bonds. The first kappa shape index (κ1) is 16.8. The van der Waals surface area contributed by atoms with Gasteiger partial charge in [-0.25, -0.2) is 0 Å². The van der Waals surface area contributed by atoms with Gasteiger partial charge in [-0.3, -0.25) is 4.79 Å². The van der Waals surface area contributed by atoms with Crippen LogP contribution in [0.4, 0.5) is 13.2 Å². The number of alkyl halides is 3. The van der Waals surface area contributed by atoms with Gasteiger partial charge in [-0.2, -0.15) is 13.2 Å². The van der Waals surface area contributed by atoms with Crippen LogP contribution in [0.1, 0.15) is 43.2 Å². The van der Waals surface area contributed by atoms with Gasteiger partial charge in [0, 0.05) is 18.4 Å². The summed E-state index contributed by atoms with van der Waals surface area (Å²) in [6.07, 6.45) is -2.68. The Labute approximate surface area is 127 Å². The molecule has 1 aliphatic carbocycles. The van der Waals surface area contributed by atoms with E-state index in [0.29, 0.717) is 6.54 Å². The van der Waals surface area contributed by atoms with Gasteiger partial charge in [0.25, 0.3) is 0 Å². The Bertz CT molecular complexity index is 538. The van der Waals surface area contributed by atoms with Gasteiger partial charge < -0.3 is 10.4 Å². The maximum atomic E-state index is 13.0. The molecule has 1 aromatic rings. The average Bonchev–Trinajstić information content (AvgIpc) is 3.25.